The van der Waals surface area contributed by atoms with E-state index in [-0.39, 0.29) is 17.3 Å². The smallest absolute Gasteiger partial charge is 0.240 e. The molecule has 2 rings (SSSR count). The normalized spacial score (nSPS) is 11.1. The van der Waals surface area contributed by atoms with Crippen LogP contribution in [0.1, 0.15) is 5.56 Å². The van der Waals surface area contributed by atoms with E-state index < -0.39 is 15.9 Å². The van der Waals surface area contributed by atoms with Gasteiger partial charge in [0, 0.05) is 6.54 Å². The molecule has 0 unspecified atom stereocenters. The summed E-state index contributed by atoms with van der Waals surface area (Å²) >= 11 is 11.8. The summed E-state index contributed by atoms with van der Waals surface area (Å²) in [6.07, 6.45) is 1.56. The molecule has 0 heterocycles. The Morgan fingerprint density at radius 2 is 1.72 bits per heavy atom. The van der Waals surface area contributed by atoms with Crippen LogP contribution in [0.3, 0.4) is 0 Å². The Labute approximate surface area is 180 Å². The van der Waals surface area contributed by atoms with Crippen molar-refractivity contribution < 1.29 is 22.7 Å². The number of carbonyl (C=O) groups excluding carboxylic acids is 1. The molecular formula is C19H22Cl2N2O5S. The highest BCUT2D eigenvalue weighted by atomic mass is 35.5. The summed E-state index contributed by atoms with van der Waals surface area (Å²) in [4.78, 5) is 12.3. The second-order valence-electron chi connectivity index (χ2n) is 6.16. The van der Waals surface area contributed by atoms with E-state index in [1.54, 1.807) is 20.3 Å². The summed E-state index contributed by atoms with van der Waals surface area (Å²) in [6.45, 7) is -0.0456. The molecule has 2 aromatic carbocycles. The number of nitrogens with one attached hydrogen (secondary N) is 1. The fourth-order valence-corrected chi connectivity index (χ4v) is 3.75. The fraction of sp³-hybridized carbons (Fsp3) is 0.316. The summed E-state index contributed by atoms with van der Waals surface area (Å²) in [5, 5.41) is 3.21. The number of rotatable bonds is 9. The molecule has 1 amide bonds. The number of carbonyl (C=O) groups is 1. The van der Waals surface area contributed by atoms with Gasteiger partial charge in [-0.25, -0.2) is 8.42 Å². The number of benzene rings is 2. The zero-order valence-electron chi connectivity index (χ0n) is 16.2. The van der Waals surface area contributed by atoms with Crippen LogP contribution in [0.25, 0.3) is 0 Å². The van der Waals surface area contributed by atoms with E-state index >= 15 is 0 Å². The number of methoxy groups -OCH3 is 2. The molecule has 7 nitrogen and oxygen atoms in total. The number of sulfonamides is 1. The maximum atomic E-state index is 12.3. The van der Waals surface area contributed by atoms with Crippen LogP contribution in [-0.4, -0.2) is 47.9 Å². The third-order valence-electron chi connectivity index (χ3n) is 4.06. The summed E-state index contributed by atoms with van der Waals surface area (Å²) < 4.78 is 35.7. The quantitative estimate of drug-likeness (QED) is 0.621. The van der Waals surface area contributed by atoms with Crippen molar-refractivity contribution >= 4 is 44.8 Å². The number of hydrogen-bond acceptors (Lipinski definition) is 5. The maximum absolute atomic E-state index is 12.3. The lowest BCUT2D eigenvalue weighted by molar-refractivity contribution is -0.119. The third-order valence-corrected chi connectivity index (χ3v) is 5.94. The predicted molar refractivity (Wildman–Crippen MR) is 115 cm³/mol. The summed E-state index contributed by atoms with van der Waals surface area (Å²) in [7, 11) is -0.594. The molecule has 0 radical (unpaired) electrons. The van der Waals surface area contributed by atoms with Gasteiger partial charge in [-0.05, 0) is 42.3 Å². The van der Waals surface area contributed by atoms with E-state index in [2.05, 4.69) is 5.32 Å². The number of anilines is 1. The van der Waals surface area contributed by atoms with Gasteiger partial charge in [0.15, 0.2) is 11.5 Å². The van der Waals surface area contributed by atoms with E-state index in [0.29, 0.717) is 29.5 Å². The van der Waals surface area contributed by atoms with Gasteiger partial charge in [-0.1, -0.05) is 29.3 Å². The topological polar surface area (TPSA) is 84.9 Å². The van der Waals surface area contributed by atoms with Crippen LogP contribution in [0.15, 0.2) is 36.4 Å². The minimum atomic E-state index is -3.70. The van der Waals surface area contributed by atoms with Crippen LogP contribution in [0, 0.1) is 0 Å². The molecule has 2 aromatic rings. The van der Waals surface area contributed by atoms with Crippen LogP contribution in [0.2, 0.25) is 10.0 Å². The Kier molecular flexibility index (Phi) is 8.01. The third kappa shape index (κ3) is 6.42. The van der Waals surface area contributed by atoms with Gasteiger partial charge in [0.05, 0.1) is 36.2 Å². The second-order valence-corrected chi connectivity index (χ2v) is 8.88. The lowest BCUT2D eigenvalue weighted by Crippen LogP contribution is -2.41. The van der Waals surface area contributed by atoms with Crippen LogP contribution in [-0.2, 0) is 21.2 Å². The first kappa shape index (κ1) is 23.1. The maximum Gasteiger partial charge on any atom is 0.240 e. The number of hydrogen-bond donors (Lipinski definition) is 1. The SMILES string of the molecule is COc1ccc(CCNC(=O)CN(c2ccc(Cl)c(Cl)c2)S(C)(=O)=O)cc1OC. The molecule has 0 atom stereocenters. The van der Waals surface area contributed by atoms with Crippen molar-refractivity contribution in [2.24, 2.45) is 0 Å². The molecular weight excluding hydrogens is 439 g/mol. The molecule has 10 heteroatoms. The summed E-state index contributed by atoms with van der Waals surface area (Å²) in [6, 6.07) is 9.85. The monoisotopic (exact) mass is 460 g/mol. The van der Waals surface area contributed by atoms with E-state index in [9.17, 15) is 13.2 Å². The number of amides is 1. The molecule has 0 fully saturated rings. The average molecular weight is 461 g/mol. The van der Waals surface area contributed by atoms with Crippen molar-refractivity contribution in [1.29, 1.82) is 0 Å². The van der Waals surface area contributed by atoms with Gasteiger partial charge < -0.3 is 14.8 Å². The molecule has 0 spiro atoms. The fourth-order valence-electron chi connectivity index (χ4n) is 2.61. The van der Waals surface area contributed by atoms with Crippen molar-refractivity contribution in [2.45, 2.75) is 6.42 Å². The first-order valence-corrected chi connectivity index (χ1v) is 11.2. The molecule has 0 bridgehead atoms. The first-order chi connectivity index (χ1) is 13.7. The first-order valence-electron chi connectivity index (χ1n) is 8.56. The van der Waals surface area contributed by atoms with E-state index in [4.69, 9.17) is 32.7 Å². The van der Waals surface area contributed by atoms with E-state index in [1.165, 1.54) is 18.2 Å². The van der Waals surface area contributed by atoms with Gasteiger partial charge in [0.25, 0.3) is 0 Å². The summed E-state index contributed by atoms with van der Waals surface area (Å²) in [5.41, 5.74) is 1.20. The second kappa shape index (κ2) is 10.0. The minimum Gasteiger partial charge on any atom is -0.493 e. The van der Waals surface area contributed by atoms with Gasteiger partial charge in [-0.15, -0.1) is 0 Å². The Morgan fingerprint density at radius 1 is 1.03 bits per heavy atom. The van der Waals surface area contributed by atoms with Crippen LogP contribution < -0.4 is 19.1 Å². The molecule has 0 aliphatic carbocycles. The Hall–Kier alpha value is -2.16. The van der Waals surface area contributed by atoms with Crippen molar-refractivity contribution in [3.05, 3.63) is 52.0 Å². The number of nitrogens with zero attached hydrogens (tertiary/aromatic N) is 1. The molecule has 1 N–H and O–H groups in total. The molecule has 0 aliphatic heterocycles. The Balaban J connectivity index is 2.01. The number of ether oxygens (including phenoxy) is 2. The van der Waals surface area contributed by atoms with Crippen molar-refractivity contribution in [3.8, 4) is 11.5 Å². The van der Waals surface area contributed by atoms with Gasteiger partial charge in [0.2, 0.25) is 15.9 Å². The molecule has 0 aromatic heterocycles. The zero-order valence-corrected chi connectivity index (χ0v) is 18.6. The van der Waals surface area contributed by atoms with Gasteiger partial charge >= 0.3 is 0 Å². The standard InChI is InChI=1S/C19H22Cl2N2O5S/c1-27-17-7-4-13(10-18(17)28-2)8-9-22-19(24)12-23(29(3,25)26)14-5-6-15(20)16(21)11-14/h4-7,10-11H,8-9,12H2,1-3H3,(H,22,24). The zero-order chi connectivity index (χ0) is 21.6. The van der Waals surface area contributed by atoms with E-state index in [0.717, 1.165) is 16.1 Å². The molecule has 158 valence electrons. The van der Waals surface area contributed by atoms with Crippen LogP contribution in [0.4, 0.5) is 5.69 Å². The van der Waals surface area contributed by atoms with E-state index in [1.807, 2.05) is 12.1 Å². The van der Waals surface area contributed by atoms with Gasteiger partial charge in [-0.2, -0.15) is 0 Å². The largest absolute Gasteiger partial charge is 0.493 e. The molecule has 0 aliphatic rings. The molecule has 29 heavy (non-hydrogen) atoms. The van der Waals surface area contributed by atoms with Crippen LogP contribution in [0.5, 0.6) is 11.5 Å². The lowest BCUT2D eigenvalue weighted by Gasteiger charge is -2.22. The van der Waals surface area contributed by atoms with Crippen molar-refractivity contribution in [2.75, 3.05) is 37.9 Å². The van der Waals surface area contributed by atoms with Crippen LogP contribution >= 0.6 is 23.2 Å². The van der Waals surface area contributed by atoms with Crippen molar-refractivity contribution in [3.63, 3.8) is 0 Å². The van der Waals surface area contributed by atoms with Crippen molar-refractivity contribution in [1.82, 2.24) is 5.32 Å². The highest BCUT2D eigenvalue weighted by Crippen LogP contribution is 2.29. The minimum absolute atomic E-state index is 0.201. The number of halogens is 2. The highest BCUT2D eigenvalue weighted by molar-refractivity contribution is 7.92. The molecule has 0 saturated heterocycles. The molecule has 0 saturated carbocycles. The lowest BCUT2D eigenvalue weighted by atomic mass is 10.1. The average Bonchev–Trinajstić information content (AvgIpc) is 2.67. The predicted octanol–water partition coefficient (Wildman–Crippen LogP) is 3.14. The summed E-state index contributed by atoms with van der Waals surface area (Å²) in [5.74, 6) is 0.770. The highest BCUT2D eigenvalue weighted by Gasteiger charge is 2.21. The Bertz CT molecular complexity index is 983. The van der Waals surface area contributed by atoms with Gasteiger partial charge in [0.1, 0.15) is 6.54 Å². The Morgan fingerprint density at radius 3 is 2.31 bits per heavy atom. The van der Waals surface area contributed by atoms with Gasteiger partial charge in [-0.3, -0.25) is 9.10 Å².